The van der Waals surface area contributed by atoms with Crippen molar-refractivity contribution >= 4 is 22.8 Å². The molecule has 0 fully saturated rings. The van der Waals surface area contributed by atoms with E-state index in [1.54, 1.807) is 22.9 Å². The van der Waals surface area contributed by atoms with E-state index in [1.807, 2.05) is 0 Å². The Hall–Kier alpha value is -2.37. The molecule has 0 aliphatic carbocycles. The van der Waals surface area contributed by atoms with Gasteiger partial charge in [0.2, 0.25) is 5.91 Å². The van der Waals surface area contributed by atoms with Gasteiger partial charge in [0.1, 0.15) is 18.9 Å². The maximum atomic E-state index is 13.1. The first-order chi connectivity index (χ1) is 8.56. The van der Waals surface area contributed by atoms with Crippen molar-refractivity contribution in [1.29, 1.82) is 0 Å². The van der Waals surface area contributed by atoms with Gasteiger partial charge < -0.3 is 15.0 Å². The molecule has 0 aliphatic rings. The average molecular weight is 250 g/mol. The first kappa shape index (κ1) is 12.1. The Morgan fingerprint density at radius 2 is 2.11 bits per heavy atom. The van der Waals surface area contributed by atoms with Gasteiger partial charge in [0, 0.05) is 6.20 Å². The summed E-state index contributed by atoms with van der Waals surface area (Å²) < 4.78 is 14.7. The number of nitrogens with zero attached hydrogens (tertiary/aromatic N) is 1. The normalized spacial score (nSPS) is 10.5. The predicted octanol–water partition coefficient (Wildman–Crippen LogP) is 0.981. The standard InChI is InChI=1S/C12H11FN2O3/c13-9-2-1-8-3-4-15(10(8)5-9)7-11(16)14-6-12(17)18/h1-5H,6-7H2,(H,14,16)(H,17,18). The van der Waals surface area contributed by atoms with Crippen molar-refractivity contribution in [2.45, 2.75) is 6.54 Å². The molecule has 18 heavy (non-hydrogen) atoms. The van der Waals surface area contributed by atoms with Gasteiger partial charge in [-0.3, -0.25) is 9.59 Å². The molecule has 0 saturated carbocycles. The van der Waals surface area contributed by atoms with Crippen molar-refractivity contribution in [2.24, 2.45) is 0 Å². The van der Waals surface area contributed by atoms with Gasteiger partial charge in [-0.1, -0.05) is 0 Å². The van der Waals surface area contributed by atoms with E-state index in [-0.39, 0.29) is 12.4 Å². The SMILES string of the molecule is O=C(O)CNC(=O)Cn1ccc2ccc(F)cc21. The van der Waals surface area contributed by atoms with Gasteiger partial charge in [-0.05, 0) is 29.7 Å². The Balaban J connectivity index is 2.14. The molecule has 1 aromatic carbocycles. The number of halogens is 1. The predicted molar refractivity (Wildman–Crippen MR) is 62.5 cm³/mol. The quantitative estimate of drug-likeness (QED) is 0.849. The third-order valence-electron chi connectivity index (χ3n) is 2.49. The third-order valence-corrected chi connectivity index (χ3v) is 2.49. The van der Waals surface area contributed by atoms with Crippen LogP contribution >= 0.6 is 0 Å². The third kappa shape index (κ3) is 2.65. The van der Waals surface area contributed by atoms with E-state index in [4.69, 9.17) is 5.11 Å². The van der Waals surface area contributed by atoms with Crippen molar-refractivity contribution < 1.29 is 19.1 Å². The van der Waals surface area contributed by atoms with Gasteiger partial charge in [0.05, 0.1) is 5.52 Å². The molecule has 94 valence electrons. The highest BCUT2D eigenvalue weighted by Crippen LogP contribution is 2.16. The molecule has 2 aromatic rings. The fourth-order valence-electron chi connectivity index (χ4n) is 1.68. The molecule has 0 aliphatic heterocycles. The second kappa shape index (κ2) is 4.87. The summed E-state index contributed by atoms with van der Waals surface area (Å²) in [6.45, 7) is -0.466. The molecule has 1 aromatic heterocycles. The molecule has 0 bridgehead atoms. The number of fused-ring (bicyclic) bond motifs is 1. The summed E-state index contributed by atoms with van der Waals surface area (Å²) in [4.78, 5) is 21.7. The Labute approximate surface area is 102 Å². The van der Waals surface area contributed by atoms with E-state index < -0.39 is 18.4 Å². The van der Waals surface area contributed by atoms with E-state index in [1.165, 1.54) is 12.1 Å². The molecular weight excluding hydrogens is 239 g/mol. The van der Waals surface area contributed by atoms with Crippen LogP contribution in [0.4, 0.5) is 4.39 Å². The minimum atomic E-state index is -1.10. The lowest BCUT2D eigenvalue weighted by atomic mass is 10.2. The molecule has 0 atom stereocenters. The van der Waals surface area contributed by atoms with Gasteiger partial charge >= 0.3 is 5.97 Å². The average Bonchev–Trinajstić information content (AvgIpc) is 2.69. The number of carbonyl (C=O) groups is 2. The number of benzene rings is 1. The van der Waals surface area contributed by atoms with E-state index >= 15 is 0 Å². The molecule has 0 unspecified atom stereocenters. The van der Waals surface area contributed by atoms with Crippen LogP contribution in [0.1, 0.15) is 0 Å². The number of aliphatic carboxylic acids is 1. The fraction of sp³-hybridized carbons (Fsp3) is 0.167. The number of carbonyl (C=O) groups excluding carboxylic acids is 1. The summed E-state index contributed by atoms with van der Waals surface area (Å²) in [6, 6.07) is 6.06. The van der Waals surface area contributed by atoms with E-state index in [2.05, 4.69) is 5.32 Å². The second-order valence-corrected chi connectivity index (χ2v) is 3.82. The molecule has 1 amide bonds. The maximum Gasteiger partial charge on any atom is 0.322 e. The Kier molecular flexibility index (Phi) is 3.27. The Bertz CT molecular complexity index is 606. The van der Waals surface area contributed by atoms with Crippen LogP contribution in [0.25, 0.3) is 10.9 Å². The van der Waals surface area contributed by atoms with Crippen LogP contribution < -0.4 is 5.32 Å². The topological polar surface area (TPSA) is 71.3 Å². The number of carboxylic acid groups (broad SMARTS) is 1. The van der Waals surface area contributed by atoms with E-state index in [0.717, 1.165) is 5.39 Å². The van der Waals surface area contributed by atoms with Crippen LogP contribution in [0.3, 0.4) is 0 Å². The summed E-state index contributed by atoms with van der Waals surface area (Å²) in [7, 11) is 0. The highest BCUT2D eigenvalue weighted by atomic mass is 19.1. The number of aromatic nitrogens is 1. The number of hydrogen-bond donors (Lipinski definition) is 2. The molecule has 2 rings (SSSR count). The Morgan fingerprint density at radius 3 is 2.83 bits per heavy atom. The first-order valence-electron chi connectivity index (χ1n) is 5.29. The second-order valence-electron chi connectivity index (χ2n) is 3.82. The highest BCUT2D eigenvalue weighted by Gasteiger charge is 2.08. The van der Waals surface area contributed by atoms with Crippen molar-refractivity contribution in [3.63, 3.8) is 0 Å². The van der Waals surface area contributed by atoms with Crippen LogP contribution in [-0.4, -0.2) is 28.1 Å². The smallest absolute Gasteiger partial charge is 0.322 e. The monoisotopic (exact) mass is 250 g/mol. The zero-order chi connectivity index (χ0) is 13.1. The molecule has 1 heterocycles. The lowest BCUT2D eigenvalue weighted by Gasteiger charge is -2.05. The van der Waals surface area contributed by atoms with Crippen LogP contribution in [0.15, 0.2) is 30.5 Å². The fourth-order valence-corrected chi connectivity index (χ4v) is 1.68. The molecule has 2 N–H and O–H groups in total. The number of amides is 1. The highest BCUT2D eigenvalue weighted by molar-refractivity contribution is 5.84. The molecular formula is C12H11FN2O3. The molecule has 6 heteroatoms. The van der Waals surface area contributed by atoms with Gasteiger partial charge in [0.25, 0.3) is 0 Å². The zero-order valence-electron chi connectivity index (χ0n) is 9.39. The summed E-state index contributed by atoms with van der Waals surface area (Å²) in [5, 5.41) is 11.5. The van der Waals surface area contributed by atoms with Gasteiger partial charge in [0.15, 0.2) is 0 Å². The van der Waals surface area contributed by atoms with Crippen molar-refractivity contribution in [3.05, 3.63) is 36.3 Å². The van der Waals surface area contributed by atoms with E-state index in [9.17, 15) is 14.0 Å². The summed E-state index contributed by atoms with van der Waals surface area (Å²) >= 11 is 0. The minimum Gasteiger partial charge on any atom is -0.480 e. The summed E-state index contributed by atoms with van der Waals surface area (Å²) in [5.41, 5.74) is 0.598. The molecule has 0 radical (unpaired) electrons. The molecule has 0 spiro atoms. The number of carboxylic acids is 1. The van der Waals surface area contributed by atoms with Crippen molar-refractivity contribution in [3.8, 4) is 0 Å². The van der Waals surface area contributed by atoms with Gasteiger partial charge in [-0.2, -0.15) is 0 Å². The van der Waals surface area contributed by atoms with Crippen LogP contribution in [0.5, 0.6) is 0 Å². The molecule has 0 saturated heterocycles. The lowest BCUT2D eigenvalue weighted by molar-refractivity contribution is -0.138. The zero-order valence-corrected chi connectivity index (χ0v) is 9.39. The van der Waals surface area contributed by atoms with Crippen LogP contribution in [0.2, 0.25) is 0 Å². The van der Waals surface area contributed by atoms with Crippen LogP contribution in [-0.2, 0) is 16.1 Å². The summed E-state index contributed by atoms with van der Waals surface area (Å²) in [5.74, 6) is -1.92. The number of hydrogen-bond acceptors (Lipinski definition) is 2. The maximum absolute atomic E-state index is 13.1. The van der Waals surface area contributed by atoms with Crippen LogP contribution in [0, 0.1) is 5.82 Å². The Morgan fingerprint density at radius 1 is 1.33 bits per heavy atom. The largest absolute Gasteiger partial charge is 0.480 e. The van der Waals surface area contributed by atoms with E-state index in [0.29, 0.717) is 5.52 Å². The minimum absolute atomic E-state index is 0.0414. The van der Waals surface area contributed by atoms with Gasteiger partial charge in [-0.25, -0.2) is 4.39 Å². The first-order valence-corrected chi connectivity index (χ1v) is 5.29. The van der Waals surface area contributed by atoms with Gasteiger partial charge in [-0.15, -0.1) is 0 Å². The van der Waals surface area contributed by atoms with Crippen molar-refractivity contribution in [2.75, 3.05) is 6.54 Å². The molecule has 5 nitrogen and oxygen atoms in total. The lowest BCUT2D eigenvalue weighted by Crippen LogP contribution is -2.31. The summed E-state index contributed by atoms with van der Waals surface area (Å²) in [6.07, 6.45) is 1.66. The number of rotatable bonds is 4. The van der Waals surface area contributed by atoms with Crippen molar-refractivity contribution in [1.82, 2.24) is 9.88 Å². The number of nitrogens with one attached hydrogen (secondary N) is 1.